The molecule has 29 heavy (non-hydrogen) atoms. The highest BCUT2D eigenvalue weighted by atomic mass is 32.1. The molecule has 0 radical (unpaired) electrons. The van der Waals surface area contributed by atoms with Crippen LogP contribution in [0, 0.1) is 0 Å². The molecule has 2 amide bonds. The number of esters is 1. The number of anilines is 1. The average Bonchev–Trinajstić information content (AvgIpc) is 3.40. The molecule has 3 rings (SSSR count). The summed E-state index contributed by atoms with van der Waals surface area (Å²) in [5, 5.41) is 9.64. The SMILES string of the molecule is COC(=O)c1ccc(CCNC(=O)Cc2csc(NC(=O)c3cccs3)n2)cc1. The summed E-state index contributed by atoms with van der Waals surface area (Å²) >= 11 is 2.64. The van der Waals surface area contributed by atoms with E-state index in [0.717, 1.165) is 5.56 Å². The number of hydrogen-bond donors (Lipinski definition) is 2. The van der Waals surface area contributed by atoms with Gasteiger partial charge >= 0.3 is 5.97 Å². The van der Waals surface area contributed by atoms with Gasteiger partial charge in [-0.05, 0) is 35.6 Å². The second-order valence-electron chi connectivity index (χ2n) is 6.04. The van der Waals surface area contributed by atoms with Crippen LogP contribution >= 0.6 is 22.7 Å². The number of methoxy groups -OCH3 is 1. The van der Waals surface area contributed by atoms with Gasteiger partial charge in [-0.25, -0.2) is 9.78 Å². The van der Waals surface area contributed by atoms with Crippen molar-refractivity contribution in [1.29, 1.82) is 0 Å². The summed E-state index contributed by atoms with van der Waals surface area (Å²) in [5.41, 5.74) is 2.10. The number of benzene rings is 1. The van der Waals surface area contributed by atoms with E-state index in [9.17, 15) is 14.4 Å². The summed E-state index contributed by atoms with van der Waals surface area (Å²) in [4.78, 5) is 40.4. The predicted molar refractivity (Wildman–Crippen MR) is 113 cm³/mol. The van der Waals surface area contributed by atoms with Crippen LogP contribution < -0.4 is 10.6 Å². The summed E-state index contributed by atoms with van der Waals surface area (Å²) in [5.74, 6) is -0.722. The highest BCUT2D eigenvalue weighted by Crippen LogP contribution is 2.18. The Morgan fingerprint density at radius 3 is 2.59 bits per heavy atom. The van der Waals surface area contributed by atoms with Gasteiger partial charge in [0.2, 0.25) is 5.91 Å². The van der Waals surface area contributed by atoms with Crippen LogP contribution in [0.2, 0.25) is 0 Å². The third-order valence-electron chi connectivity index (χ3n) is 3.97. The Bertz CT molecular complexity index is 982. The number of rotatable bonds is 8. The molecule has 0 atom stereocenters. The molecule has 2 N–H and O–H groups in total. The molecule has 2 aromatic heterocycles. The van der Waals surface area contributed by atoms with Crippen LogP contribution in [0.25, 0.3) is 0 Å². The van der Waals surface area contributed by atoms with Crippen LogP contribution in [0.3, 0.4) is 0 Å². The molecule has 0 spiro atoms. The van der Waals surface area contributed by atoms with Gasteiger partial charge in [0.15, 0.2) is 5.13 Å². The van der Waals surface area contributed by atoms with Gasteiger partial charge in [0.05, 0.1) is 29.7 Å². The molecular weight excluding hydrogens is 410 g/mol. The van der Waals surface area contributed by atoms with Crippen molar-refractivity contribution < 1.29 is 19.1 Å². The maximum atomic E-state index is 12.1. The lowest BCUT2D eigenvalue weighted by Crippen LogP contribution is -2.27. The number of carbonyl (C=O) groups excluding carboxylic acids is 3. The van der Waals surface area contributed by atoms with Crippen LogP contribution in [-0.2, 0) is 22.4 Å². The van der Waals surface area contributed by atoms with Gasteiger partial charge in [0.25, 0.3) is 5.91 Å². The summed E-state index contributed by atoms with van der Waals surface area (Å²) in [6, 6.07) is 10.6. The molecule has 0 aliphatic rings. The minimum absolute atomic E-state index is 0.141. The molecule has 3 aromatic rings. The summed E-state index contributed by atoms with van der Waals surface area (Å²) < 4.78 is 4.66. The molecule has 0 fully saturated rings. The zero-order valence-electron chi connectivity index (χ0n) is 15.6. The number of aromatic nitrogens is 1. The number of nitrogens with zero attached hydrogens (tertiary/aromatic N) is 1. The molecule has 0 aliphatic heterocycles. The summed E-state index contributed by atoms with van der Waals surface area (Å²) in [6.45, 7) is 0.475. The van der Waals surface area contributed by atoms with Gasteiger partial charge in [-0.1, -0.05) is 18.2 Å². The van der Waals surface area contributed by atoms with Crippen molar-refractivity contribution in [2.45, 2.75) is 12.8 Å². The van der Waals surface area contributed by atoms with Crippen LogP contribution in [-0.4, -0.2) is 36.4 Å². The third-order valence-corrected chi connectivity index (χ3v) is 5.64. The van der Waals surface area contributed by atoms with Crippen molar-refractivity contribution in [2.24, 2.45) is 0 Å². The molecular formula is C20H19N3O4S2. The summed E-state index contributed by atoms with van der Waals surface area (Å²) in [7, 11) is 1.34. The number of amides is 2. The zero-order chi connectivity index (χ0) is 20.6. The van der Waals surface area contributed by atoms with Crippen molar-refractivity contribution in [3.63, 3.8) is 0 Å². The van der Waals surface area contributed by atoms with Crippen molar-refractivity contribution in [3.05, 3.63) is 68.9 Å². The van der Waals surface area contributed by atoms with E-state index in [4.69, 9.17) is 0 Å². The zero-order valence-corrected chi connectivity index (χ0v) is 17.3. The Morgan fingerprint density at radius 2 is 1.90 bits per heavy atom. The van der Waals surface area contributed by atoms with Gasteiger partial charge in [0.1, 0.15) is 0 Å². The molecule has 1 aromatic carbocycles. The van der Waals surface area contributed by atoms with Crippen LogP contribution in [0.4, 0.5) is 5.13 Å². The number of nitrogens with one attached hydrogen (secondary N) is 2. The van der Waals surface area contributed by atoms with Crippen LogP contribution in [0.15, 0.2) is 47.2 Å². The quantitative estimate of drug-likeness (QED) is 0.536. The van der Waals surface area contributed by atoms with Gasteiger partial charge in [0, 0.05) is 11.9 Å². The lowest BCUT2D eigenvalue weighted by molar-refractivity contribution is -0.120. The Hall–Kier alpha value is -3.04. The van der Waals surface area contributed by atoms with Gasteiger partial charge < -0.3 is 10.1 Å². The maximum Gasteiger partial charge on any atom is 0.337 e. The maximum absolute atomic E-state index is 12.1. The Balaban J connectivity index is 1.42. The lowest BCUT2D eigenvalue weighted by atomic mass is 10.1. The van der Waals surface area contributed by atoms with Gasteiger partial charge in [-0.15, -0.1) is 22.7 Å². The van der Waals surface area contributed by atoms with Crippen molar-refractivity contribution in [1.82, 2.24) is 10.3 Å². The normalized spacial score (nSPS) is 10.4. The number of thiazole rings is 1. The lowest BCUT2D eigenvalue weighted by Gasteiger charge is -2.05. The van der Waals surface area contributed by atoms with Crippen molar-refractivity contribution >= 4 is 45.6 Å². The summed E-state index contributed by atoms with van der Waals surface area (Å²) in [6.07, 6.45) is 0.791. The van der Waals surface area contributed by atoms with Gasteiger partial charge in [-0.3, -0.25) is 14.9 Å². The second-order valence-corrected chi connectivity index (χ2v) is 7.85. The molecule has 0 aliphatic carbocycles. The van der Waals surface area contributed by atoms with Gasteiger partial charge in [-0.2, -0.15) is 0 Å². The fourth-order valence-corrected chi connectivity index (χ4v) is 3.83. The van der Waals surface area contributed by atoms with Crippen molar-refractivity contribution in [2.75, 3.05) is 19.0 Å². The largest absolute Gasteiger partial charge is 0.465 e. The molecule has 0 saturated carbocycles. The minimum Gasteiger partial charge on any atom is -0.465 e. The number of thiophene rings is 1. The van der Waals surface area contributed by atoms with Crippen LogP contribution in [0.5, 0.6) is 0 Å². The number of ether oxygens (including phenoxy) is 1. The first-order chi connectivity index (χ1) is 14.0. The number of carbonyl (C=O) groups is 3. The third kappa shape index (κ3) is 5.97. The fraction of sp³-hybridized carbons (Fsp3) is 0.200. The Labute approximate surface area is 175 Å². The predicted octanol–water partition coefficient (Wildman–Crippen LogP) is 3.14. The molecule has 2 heterocycles. The highest BCUT2D eigenvalue weighted by Gasteiger charge is 2.12. The monoisotopic (exact) mass is 429 g/mol. The fourth-order valence-electron chi connectivity index (χ4n) is 2.51. The van der Waals surface area contributed by atoms with E-state index in [1.165, 1.54) is 29.8 Å². The van der Waals surface area contributed by atoms with E-state index >= 15 is 0 Å². The van der Waals surface area contributed by atoms with Crippen molar-refractivity contribution in [3.8, 4) is 0 Å². The van der Waals surface area contributed by atoms with E-state index in [-0.39, 0.29) is 24.2 Å². The topological polar surface area (TPSA) is 97.4 Å². The minimum atomic E-state index is -0.376. The van der Waals surface area contributed by atoms with E-state index in [1.807, 2.05) is 23.6 Å². The average molecular weight is 430 g/mol. The molecule has 0 bridgehead atoms. The van der Waals surface area contributed by atoms with E-state index in [1.54, 1.807) is 23.6 Å². The van der Waals surface area contributed by atoms with E-state index in [0.29, 0.717) is 34.2 Å². The highest BCUT2D eigenvalue weighted by molar-refractivity contribution is 7.14. The Kier molecular flexibility index (Phi) is 7.09. The Morgan fingerprint density at radius 1 is 1.10 bits per heavy atom. The smallest absolute Gasteiger partial charge is 0.337 e. The van der Waals surface area contributed by atoms with Crippen LogP contribution in [0.1, 0.15) is 31.3 Å². The first kappa shape index (κ1) is 20.7. The first-order valence-corrected chi connectivity index (χ1v) is 10.5. The number of hydrogen-bond acceptors (Lipinski definition) is 7. The van der Waals surface area contributed by atoms with E-state index in [2.05, 4.69) is 20.4 Å². The van der Waals surface area contributed by atoms with E-state index < -0.39 is 0 Å². The molecule has 150 valence electrons. The molecule has 0 saturated heterocycles. The molecule has 0 unspecified atom stereocenters. The molecule has 9 heteroatoms. The second kappa shape index (κ2) is 9.94. The standard InChI is InChI=1S/C20H19N3O4S2/c1-27-19(26)14-6-4-13(5-7-14)8-9-21-17(24)11-15-12-29-20(22-15)23-18(25)16-3-2-10-28-16/h2-7,10,12H,8-9,11H2,1H3,(H,21,24)(H,22,23,25). The molecule has 7 nitrogen and oxygen atoms in total. The first-order valence-electron chi connectivity index (χ1n) is 8.78.